The summed E-state index contributed by atoms with van der Waals surface area (Å²) in [6.45, 7) is 3.47. The van der Waals surface area contributed by atoms with Crippen LogP contribution < -0.4 is 16.1 Å². The number of halogens is 6. The molecule has 194 valence electrons. The molecule has 2 aromatic heterocycles. The molecule has 0 radical (unpaired) electrons. The maximum absolute atomic E-state index is 13.6. The predicted molar refractivity (Wildman–Crippen MR) is 125 cm³/mol. The van der Waals surface area contributed by atoms with Gasteiger partial charge in [0.25, 0.3) is 0 Å². The number of hydrogen-bond acceptors (Lipinski definition) is 5. The standard InChI is InChI=1S/C23H19F6N7O/c1-11-6-4-8-14(16(11)19-17-12(2)31-10-32-20(17)36(30-3)35-19)33-21(37)34-15-9-5-7-13(22(24,25)26)18(15)23(27,28)29/h4-10,30H,1-3H3,(H2,33,34,37). The molecule has 0 spiro atoms. The summed E-state index contributed by atoms with van der Waals surface area (Å²) < 4.78 is 80.5. The number of amides is 2. The van der Waals surface area contributed by atoms with Crippen molar-refractivity contribution in [2.45, 2.75) is 26.2 Å². The van der Waals surface area contributed by atoms with Crippen LogP contribution in [0.2, 0.25) is 0 Å². The van der Waals surface area contributed by atoms with Gasteiger partial charge in [-0.2, -0.15) is 31.1 Å². The first-order valence-corrected chi connectivity index (χ1v) is 10.7. The topological polar surface area (TPSA) is 96.8 Å². The molecule has 4 rings (SSSR count). The molecule has 0 aliphatic heterocycles. The highest BCUT2D eigenvalue weighted by Crippen LogP contribution is 2.44. The van der Waals surface area contributed by atoms with Gasteiger partial charge in [0.2, 0.25) is 0 Å². The molecule has 2 amide bonds. The lowest BCUT2D eigenvalue weighted by Gasteiger charge is -2.20. The van der Waals surface area contributed by atoms with Gasteiger partial charge in [0.15, 0.2) is 5.65 Å². The van der Waals surface area contributed by atoms with Crippen LogP contribution in [0.25, 0.3) is 22.3 Å². The molecule has 14 heteroatoms. The first-order chi connectivity index (χ1) is 17.3. The second kappa shape index (κ2) is 9.26. The molecule has 2 aromatic carbocycles. The Morgan fingerprint density at radius 2 is 1.54 bits per heavy atom. The van der Waals surface area contributed by atoms with Crippen molar-refractivity contribution in [1.29, 1.82) is 0 Å². The third-order valence-electron chi connectivity index (χ3n) is 5.53. The van der Waals surface area contributed by atoms with Crippen molar-refractivity contribution in [3.05, 3.63) is 65.1 Å². The monoisotopic (exact) mass is 523 g/mol. The average molecular weight is 523 g/mol. The molecule has 0 aliphatic carbocycles. The maximum atomic E-state index is 13.6. The van der Waals surface area contributed by atoms with Crippen LogP contribution in [-0.4, -0.2) is 32.9 Å². The largest absolute Gasteiger partial charge is 0.419 e. The Bertz CT molecular complexity index is 1490. The molecule has 0 aliphatic rings. The Hall–Kier alpha value is -4.36. The van der Waals surface area contributed by atoms with E-state index in [1.165, 1.54) is 17.2 Å². The minimum Gasteiger partial charge on any atom is -0.311 e. The number of rotatable bonds is 4. The number of nitrogens with one attached hydrogen (secondary N) is 3. The Morgan fingerprint density at radius 3 is 2.19 bits per heavy atom. The lowest BCUT2D eigenvalue weighted by molar-refractivity contribution is -0.161. The fourth-order valence-corrected chi connectivity index (χ4v) is 3.99. The number of carbonyl (C=O) groups excluding carboxylic acids is 1. The van der Waals surface area contributed by atoms with Gasteiger partial charge in [-0.25, -0.2) is 14.8 Å². The molecule has 0 unspecified atom stereocenters. The molecule has 3 N–H and O–H groups in total. The second-order valence-corrected chi connectivity index (χ2v) is 7.94. The molecular formula is C23H19F6N7O. The molecule has 8 nitrogen and oxygen atoms in total. The average Bonchev–Trinajstić information content (AvgIpc) is 3.17. The van der Waals surface area contributed by atoms with E-state index in [1.54, 1.807) is 33.0 Å². The van der Waals surface area contributed by atoms with Crippen molar-refractivity contribution in [2.75, 3.05) is 23.1 Å². The van der Waals surface area contributed by atoms with Crippen LogP contribution in [0.5, 0.6) is 0 Å². The van der Waals surface area contributed by atoms with E-state index in [2.05, 4.69) is 25.8 Å². The van der Waals surface area contributed by atoms with E-state index in [-0.39, 0.29) is 5.69 Å². The van der Waals surface area contributed by atoms with Crippen molar-refractivity contribution >= 4 is 28.4 Å². The predicted octanol–water partition coefficient (Wildman–Crippen LogP) is 5.97. The highest BCUT2D eigenvalue weighted by atomic mass is 19.4. The number of fused-ring (bicyclic) bond motifs is 1. The summed E-state index contributed by atoms with van der Waals surface area (Å²) in [5.74, 6) is 0. The number of urea groups is 1. The van der Waals surface area contributed by atoms with Crippen LogP contribution >= 0.6 is 0 Å². The number of carbonyl (C=O) groups is 1. The minimum absolute atomic E-state index is 0.156. The molecule has 0 bridgehead atoms. The summed E-state index contributed by atoms with van der Waals surface area (Å²) in [5.41, 5.74) is 0.558. The van der Waals surface area contributed by atoms with E-state index in [9.17, 15) is 31.1 Å². The van der Waals surface area contributed by atoms with E-state index < -0.39 is 35.2 Å². The number of hydrogen-bond donors (Lipinski definition) is 3. The summed E-state index contributed by atoms with van der Waals surface area (Å²) in [4.78, 5) is 22.6. The number of anilines is 2. The van der Waals surface area contributed by atoms with Crippen LogP contribution in [0, 0.1) is 13.8 Å². The van der Waals surface area contributed by atoms with Crippen molar-refractivity contribution in [2.24, 2.45) is 0 Å². The number of benzene rings is 2. The molecule has 0 atom stereocenters. The summed E-state index contributed by atoms with van der Waals surface area (Å²) in [6, 6.07) is 5.47. The van der Waals surface area contributed by atoms with Gasteiger partial charge in [-0.3, -0.25) is 0 Å². The van der Waals surface area contributed by atoms with Gasteiger partial charge in [0.1, 0.15) is 12.0 Å². The summed E-state index contributed by atoms with van der Waals surface area (Å²) in [5, 5.41) is 9.40. The number of aryl methyl sites for hydroxylation is 2. The number of nitrogens with zero attached hydrogens (tertiary/aromatic N) is 4. The fraction of sp³-hybridized carbons (Fsp3) is 0.217. The zero-order valence-electron chi connectivity index (χ0n) is 19.5. The molecule has 0 saturated carbocycles. The molecular weight excluding hydrogens is 504 g/mol. The van der Waals surface area contributed by atoms with E-state index >= 15 is 0 Å². The van der Waals surface area contributed by atoms with Gasteiger partial charge in [-0.1, -0.05) is 18.2 Å². The molecule has 0 saturated heterocycles. The third-order valence-corrected chi connectivity index (χ3v) is 5.53. The lowest BCUT2D eigenvalue weighted by Crippen LogP contribution is -2.24. The number of alkyl halides is 6. The van der Waals surface area contributed by atoms with Crippen molar-refractivity contribution in [3.63, 3.8) is 0 Å². The van der Waals surface area contributed by atoms with Gasteiger partial charge in [-0.05, 0) is 37.6 Å². The smallest absolute Gasteiger partial charge is 0.311 e. The Kier molecular flexibility index (Phi) is 6.44. The molecule has 2 heterocycles. The van der Waals surface area contributed by atoms with Gasteiger partial charge in [0.05, 0.1) is 33.6 Å². The summed E-state index contributed by atoms with van der Waals surface area (Å²) >= 11 is 0. The van der Waals surface area contributed by atoms with Crippen LogP contribution in [0.3, 0.4) is 0 Å². The highest BCUT2D eigenvalue weighted by molar-refractivity contribution is 6.05. The lowest BCUT2D eigenvalue weighted by atomic mass is 10.0. The Balaban J connectivity index is 1.76. The quantitative estimate of drug-likeness (QED) is 0.287. The fourth-order valence-electron chi connectivity index (χ4n) is 3.99. The van der Waals surface area contributed by atoms with Gasteiger partial charge in [0, 0.05) is 12.6 Å². The minimum atomic E-state index is -5.38. The van der Waals surface area contributed by atoms with Gasteiger partial charge < -0.3 is 16.1 Å². The van der Waals surface area contributed by atoms with Crippen molar-refractivity contribution in [1.82, 2.24) is 19.9 Å². The molecule has 37 heavy (non-hydrogen) atoms. The van der Waals surface area contributed by atoms with Gasteiger partial charge in [-0.15, -0.1) is 5.10 Å². The highest BCUT2D eigenvalue weighted by Gasteiger charge is 2.45. The summed E-state index contributed by atoms with van der Waals surface area (Å²) in [6.07, 6.45) is -9.30. The van der Waals surface area contributed by atoms with Crippen LogP contribution in [-0.2, 0) is 12.4 Å². The van der Waals surface area contributed by atoms with Crippen molar-refractivity contribution < 1.29 is 31.1 Å². The zero-order chi connectivity index (χ0) is 27.1. The maximum Gasteiger partial charge on any atom is 0.419 e. The van der Waals surface area contributed by atoms with Crippen LogP contribution in [0.4, 0.5) is 42.5 Å². The Morgan fingerprint density at radius 1 is 0.892 bits per heavy atom. The van der Waals surface area contributed by atoms with Crippen molar-refractivity contribution in [3.8, 4) is 11.3 Å². The molecule has 0 fully saturated rings. The Labute approximate surface area is 205 Å². The van der Waals surface area contributed by atoms with E-state index in [4.69, 9.17) is 0 Å². The SMILES string of the molecule is CNn1nc(-c2c(C)cccc2NC(=O)Nc2cccc(C(F)(F)F)c2C(F)(F)F)c2c(C)ncnc21. The first-order valence-electron chi connectivity index (χ1n) is 10.7. The molecule has 4 aromatic rings. The first kappa shape index (κ1) is 25.7. The summed E-state index contributed by atoms with van der Waals surface area (Å²) in [7, 11) is 1.62. The zero-order valence-corrected chi connectivity index (χ0v) is 19.5. The van der Waals surface area contributed by atoms with E-state index in [1.807, 2.05) is 5.32 Å². The van der Waals surface area contributed by atoms with Crippen LogP contribution in [0.15, 0.2) is 42.7 Å². The van der Waals surface area contributed by atoms with Crippen LogP contribution in [0.1, 0.15) is 22.4 Å². The van der Waals surface area contributed by atoms with E-state index in [0.717, 1.165) is 12.1 Å². The van der Waals surface area contributed by atoms with Gasteiger partial charge >= 0.3 is 18.4 Å². The normalized spacial score (nSPS) is 12.0. The number of aromatic nitrogens is 4. The van der Waals surface area contributed by atoms with E-state index in [0.29, 0.717) is 39.6 Å². The third kappa shape index (κ3) is 4.86. The second-order valence-electron chi connectivity index (χ2n) is 7.94.